The van der Waals surface area contributed by atoms with E-state index in [0.29, 0.717) is 0 Å². The van der Waals surface area contributed by atoms with Crippen LogP contribution >= 0.6 is 0 Å². The molecule has 0 spiro atoms. The molecule has 0 unspecified atom stereocenters. The van der Waals surface area contributed by atoms with Crippen molar-refractivity contribution >= 4 is 22.2 Å². The van der Waals surface area contributed by atoms with Gasteiger partial charge in [-0.25, -0.2) is 0 Å². The lowest BCUT2D eigenvalue weighted by atomic mass is 10.0. The molecule has 1 fully saturated rings. The normalized spacial score (nSPS) is 19.8. The number of aromatic amines is 1. The van der Waals surface area contributed by atoms with Gasteiger partial charge in [-0.1, -0.05) is 18.2 Å². The number of fused-ring (bicyclic) bond motifs is 1. The molecule has 1 saturated heterocycles. The fraction of sp³-hybridized carbons (Fsp3) is 0.438. The molecule has 21 heavy (non-hydrogen) atoms. The quantitative estimate of drug-likeness (QED) is 0.882. The van der Waals surface area contributed by atoms with E-state index in [4.69, 9.17) is 4.74 Å². The van der Waals surface area contributed by atoms with E-state index < -0.39 is 0 Å². The number of hydrogen-bond acceptors (Lipinski definition) is 4. The molecule has 0 atom stereocenters. The number of H-pyrrole nitrogens is 1. The molecule has 0 aliphatic carbocycles. The molecule has 4 rings (SSSR count). The van der Waals surface area contributed by atoms with Crippen molar-refractivity contribution in [3.05, 3.63) is 30.0 Å². The minimum absolute atomic E-state index is 0.798. The summed E-state index contributed by atoms with van der Waals surface area (Å²) in [6.45, 7) is 5.45. The summed E-state index contributed by atoms with van der Waals surface area (Å²) in [5.74, 6) is 0. The Morgan fingerprint density at radius 3 is 2.90 bits per heavy atom. The summed E-state index contributed by atoms with van der Waals surface area (Å²) >= 11 is 0. The third kappa shape index (κ3) is 2.32. The van der Waals surface area contributed by atoms with Gasteiger partial charge < -0.3 is 15.0 Å². The second-order valence-electron chi connectivity index (χ2n) is 5.57. The molecule has 2 aliphatic heterocycles. The second-order valence-corrected chi connectivity index (χ2v) is 5.57. The molecule has 5 nitrogen and oxygen atoms in total. The Balaban J connectivity index is 1.77. The molecule has 2 aliphatic rings. The highest BCUT2D eigenvalue weighted by Gasteiger charge is 2.18. The summed E-state index contributed by atoms with van der Waals surface area (Å²) < 4.78 is 5.45. The summed E-state index contributed by atoms with van der Waals surface area (Å²) in [5.41, 5.74) is 4.76. The van der Waals surface area contributed by atoms with Crippen LogP contribution in [0.2, 0.25) is 0 Å². The number of benzene rings is 1. The monoisotopic (exact) mass is 284 g/mol. The number of morpholine rings is 1. The lowest BCUT2D eigenvalue weighted by molar-refractivity contribution is 0.123. The largest absolute Gasteiger partial charge is 0.378 e. The molecule has 1 aromatic carbocycles. The first-order valence-electron chi connectivity index (χ1n) is 7.63. The highest BCUT2D eigenvalue weighted by molar-refractivity contribution is 5.98. The maximum Gasteiger partial charge on any atom is 0.0969 e. The van der Waals surface area contributed by atoms with Gasteiger partial charge in [-0.3, -0.25) is 5.10 Å². The number of aromatic nitrogens is 2. The molecule has 0 amide bonds. The van der Waals surface area contributed by atoms with Crippen LogP contribution in [0.25, 0.3) is 16.5 Å². The van der Waals surface area contributed by atoms with Crippen LogP contribution < -0.4 is 10.2 Å². The Labute approximate surface area is 124 Å². The van der Waals surface area contributed by atoms with Crippen LogP contribution in [0.4, 0.5) is 5.69 Å². The summed E-state index contributed by atoms with van der Waals surface area (Å²) in [5, 5.41) is 12.5. The molecule has 110 valence electrons. The van der Waals surface area contributed by atoms with Crippen molar-refractivity contribution in [2.45, 2.75) is 6.42 Å². The first-order chi connectivity index (χ1) is 10.4. The van der Waals surface area contributed by atoms with Crippen LogP contribution in [0, 0.1) is 0 Å². The Morgan fingerprint density at radius 2 is 2.10 bits per heavy atom. The van der Waals surface area contributed by atoms with Crippen molar-refractivity contribution in [2.24, 2.45) is 0 Å². The third-order valence-electron chi connectivity index (χ3n) is 4.26. The van der Waals surface area contributed by atoms with Gasteiger partial charge in [0, 0.05) is 25.0 Å². The Kier molecular flexibility index (Phi) is 3.37. The van der Waals surface area contributed by atoms with E-state index in [9.17, 15) is 0 Å². The van der Waals surface area contributed by atoms with Crippen LogP contribution in [0.5, 0.6) is 0 Å². The summed E-state index contributed by atoms with van der Waals surface area (Å²) in [7, 11) is 0. The van der Waals surface area contributed by atoms with Crippen LogP contribution in [0.1, 0.15) is 12.1 Å². The zero-order valence-electron chi connectivity index (χ0n) is 12.1. The number of ether oxygens (including phenoxy) is 1. The average molecular weight is 284 g/mol. The smallest absolute Gasteiger partial charge is 0.0969 e. The van der Waals surface area contributed by atoms with Gasteiger partial charge in [-0.15, -0.1) is 0 Å². The number of anilines is 1. The van der Waals surface area contributed by atoms with E-state index in [0.717, 1.165) is 57.0 Å². The van der Waals surface area contributed by atoms with Gasteiger partial charge >= 0.3 is 0 Å². The van der Waals surface area contributed by atoms with Gasteiger partial charge in [0.05, 0.1) is 30.1 Å². The molecule has 0 radical (unpaired) electrons. The van der Waals surface area contributed by atoms with Crippen LogP contribution in [-0.2, 0) is 4.74 Å². The zero-order valence-corrected chi connectivity index (χ0v) is 12.1. The van der Waals surface area contributed by atoms with Gasteiger partial charge in [-0.05, 0) is 24.6 Å². The first-order valence-corrected chi connectivity index (χ1v) is 7.63. The molecule has 0 bridgehead atoms. The minimum Gasteiger partial charge on any atom is -0.378 e. The number of nitrogens with one attached hydrogen (secondary N) is 2. The predicted octanol–water partition coefficient (Wildman–Crippen LogP) is 1.78. The maximum absolute atomic E-state index is 5.45. The van der Waals surface area contributed by atoms with Gasteiger partial charge in [-0.2, -0.15) is 5.10 Å². The summed E-state index contributed by atoms with van der Waals surface area (Å²) in [4.78, 5) is 2.38. The number of rotatable bonds is 2. The van der Waals surface area contributed by atoms with E-state index in [2.05, 4.69) is 44.7 Å². The molecular formula is C16H20N4O. The molecule has 2 aromatic rings. The number of nitrogens with zero attached hydrogens (tertiary/aromatic N) is 2. The van der Waals surface area contributed by atoms with Crippen molar-refractivity contribution < 1.29 is 4.74 Å². The molecule has 3 heterocycles. The van der Waals surface area contributed by atoms with Gasteiger partial charge in [0.15, 0.2) is 0 Å². The molecule has 2 N–H and O–H groups in total. The Morgan fingerprint density at radius 1 is 1.19 bits per heavy atom. The number of para-hydroxylation sites is 1. The minimum atomic E-state index is 0.798. The Hall–Kier alpha value is -1.85. The number of hydrogen-bond donors (Lipinski definition) is 2. The van der Waals surface area contributed by atoms with Gasteiger partial charge in [0.1, 0.15) is 0 Å². The summed E-state index contributed by atoms with van der Waals surface area (Å²) in [6.07, 6.45) is 3.38. The highest BCUT2D eigenvalue weighted by Crippen LogP contribution is 2.30. The van der Waals surface area contributed by atoms with E-state index in [-0.39, 0.29) is 0 Å². The fourth-order valence-electron chi connectivity index (χ4n) is 3.16. The van der Waals surface area contributed by atoms with E-state index >= 15 is 0 Å². The predicted molar refractivity (Wildman–Crippen MR) is 84.6 cm³/mol. The van der Waals surface area contributed by atoms with Crippen LogP contribution in [0.15, 0.2) is 24.3 Å². The lowest BCUT2D eigenvalue weighted by Crippen LogP contribution is -2.36. The first kappa shape index (κ1) is 12.9. The van der Waals surface area contributed by atoms with Crippen molar-refractivity contribution in [3.63, 3.8) is 0 Å². The fourth-order valence-corrected chi connectivity index (χ4v) is 3.16. The van der Waals surface area contributed by atoms with E-state index in [1.165, 1.54) is 16.6 Å². The van der Waals surface area contributed by atoms with Crippen molar-refractivity contribution in [1.29, 1.82) is 0 Å². The highest BCUT2D eigenvalue weighted by atomic mass is 16.5. The van der Waals surface area contributed by atoms with Crippen molar-refractivity contribution in [2.75, 3.05) is 44.3 Å². The Bertz CT molecular complexity index is 670. The average Bonchev–Trinajstić information content (AvgIpc) is 3.00. The molecule has 0 saturated carbocycles. The van der Waals surface area contributed by atoms with E-state index in [1.54, 1.807) is 0 Å². The second kappa shape index (κ2) is 5.50. The van der Waals surface area contributed by atoms with E-state index in [1.807, 2.05) is 0 Å². The maximum atomic E-state index is 5.45. The standard InChI is InChI=1S/C16H20N4O/c1-4-13-15(12-3-2-6-17-11-12)18-19-16(13)14(5-1)20-7-9-21-10-8-20/h1,3-5,17H,2,6-11H2,(H,18,19). The third-order valence-corrected chi connectivity index (χ3v) is 4.26. The van der Waals surface area contributed by atoms with Crippen LogP contribution in [-0.4, -0.2) is 49.6 Å². The topological polar surface area (TPSA) is 53.2 Å². The van der Waals surface area contributed by atoms with Crippen molar-refractivity contribution in [1.82, 2.24) is 15.5 Å². The lowest BCUT2D eigenvalue weighted by Gasteiger charge is -2.29. The van der Waals surface area contributed by atoms with Crippen molar-refractivity contribution in [3.8, 4) is 0 Å². The molecule has 5 heteroatoms. The molecule has 1 aromatic heterocycles. The SMILES string of the molecule is C1=C(c2n[nH]c3c(N4CCOCC4)cccc23)CNCC1. The van der Waals surface area contributed by atoms with Gasteiger partial charge in [0.2, 0.25) is 0 Å². The van der Waals surface area contributed by atoms with Gasteiger partial charge in [0.25, 0.3) is 0 Å². The summed E-state index contributed by atoms with van der Waals surface area (Å²) in [6, 6.07) is 6.46. The zero-order chi connectivity index (χ0) is 14.1. The van der Waals surface area contributed by atoms with Crippen LogP contribution in [0.3, 0.4) is 0 Å². The molecular weight excluding hydrogens is 264 g/mol.